The average molecular weight is 247 g/mol. The van der Waals surface area contributed by atoms with E-state index in [0.717, 1.165) is 12.8 Å². The van der Waals surface area contributed by atoms with E-state index in [2.05, 4.69) is 49.5 Å². The Bertz CT molecular complexity index is 351. The van der Waals surface area contributed by atoms with E-state index in [1.807, 2.05) is 0 Å². The molecule has 4 unspecified atom stereocenters. The predicted octanol–water partition coefficient (Wildman–Crippen LogP) is 3.07. The highest BCUT2D eigenvalue weighted by molar-refractivity contribution is 5.20. The van der Waals surface area contributed by atoms with Crippen LogP contribution in [0.3, 0.4) is 0 Å². The molecule has 100 valence electrons. The van der Waals surface area contributed by atoms with Crippen molar-refractivity contribution in [2.45, 2.75) is 63.6 Å². The van der Waals surface area contributed by atoms with Crippen molar-refractivity contribution >= 4 is 0 Å². The fourth-order valence-electron chi connectivity index (χ4n) is 2.83. The first-order valence-corrected chi connectivity index (χ1v) is 7.17. The molecule has 0 amide bonds. The molecular weight excluding hydrogens is 222 g/mol. The maximum absolute atomic E-state index is 10.0. The summed E-state index contributed by atoms with van der Waals surface area (Å²) in [7, 11) is 0. The summed E-state index contributed by atoms with van der Waals surface area (Å²) in [6.07, 6.45) is 4.30. The quantitative estimate of drug-likeness (QED) is 0.857. The van der Waals surface area contributed by atoms with Gasteiger partial charge in [-0.15, -0.1) is 0 Å². The van der Waals surface area contributed by atoms with Gasteiger partial charge >= 0.3 is 0 Å². The van der Waals surface area contributed by atoms with Crippen molar-refractivity contribution in [3.05, 3.63) is 35.9 Å². The average Bonchev–Trinajstić information content (AvgIpc) is 2.41. The number of nitrogens with one attached hydrogen (secondary N) is 1. The molecule has 4 atom stereocenters. The first-order chi connectivity index (χ1) is 8.68. The molecule has 0 saturated heterocycles. The molecule has 0 radical (unpaired) electrons. The molecule has 2 rings (SSSR count). The van der Waals surface area contributed by atoms with Crippen molar-refractivity contribution in [1.29, 1.82) is 0 Å². The summed E-state index contributed by atoms with van der Waals surface area (Å²) in [5.74, 6) is 0.473. The second-order valence-corrected chi connectivity index (χ2v) is 5.61. The zero-order chi connectivity index (χ0) is 13.0. The van der Waals surface area contributed by atoms with Gasteiger partial charge in [0.1, 0.15) is 0 Å². The zero-order valence-corrected chi connectivity index (χ0v) is 11.5. The second-order valence-electron chi connectivity index (χ2n) is 5.61. The molecule has 0 bridgehead atoms. The summed E-state index contributed by atoms with van der Waals surface area (Å²) >= 11 is 0. The van der Waals surface area contributed by atoms with Crippen molar-refractivity contribution in [3.63, 3.8) is 0 Å². The first kappa shape index (κ1) is 13.6. The van der Waals surface area contributed by atoms with Gasteiger partial charge in [0.15, 0.2) is 0 Å². The van der Waals surface area contributed by atoms with E-state index >= 15 is 0 Å². The smallest absolute Gasteiger partial charge is 0.0693 e. The standard InChI is InChI=1S/C16H25NO/c1-12(14-8-4-3-5-9-14)13(2)17-15-10-6-7-11-16(15)18/h3-5,8-9,12-13,15-18H,6-7,10-11H2,1-2H3. The van der Waals surface area contributed by atoms with Crippen LogP contribution in [0, 0.1) is 0 Å². The summed E-state index contributed by atoms with van der Waals surface area (Å²) in [5.41, 5.74) is 1.36. The molecule has 0 aliphatic heterocycles. The molecule has 2 N–H and O–H groups in total. The Labute approximate surface area is 110 Å². The SMILES string of the molecule is CC(NC1CCCCC1O)C(C)c1ccccc1. The molecule has 2 heteroatoms. The van der Waals surface area contributed by atoms with Crippen LogP contribution >= 0.6 is 0 Å². The molecule has 1 aromatic carbocycles. The largest absolute Gasteiger partial charge is 0.392 e. The summed E-state index contributed by atoms with van der Waals surface area (Å²) in [6, 6.07) is 11.3. The van der Waals surface area contributed by atoms with E-state index in [0.29, 0.717) is 12.0 Å². The number of benzene rings is 1. The predicted molar refractivity (Wildman–Crippen MR) is 75.7 cm³/mol. The van der Waals surface area contributed by atoms with Crippen molar-refractivity contribution in [3.8, 4) is 0 Å². The highest BCUT2D eigenvalue weighted by Crippen LogP contribution is 2.23. The lowest BCUT2D eigenvalue weighted by atomic mass is 9.89. The molecule has 1 aliphatic rings. The molecule has 2 nitrogen and oxygen atoms in total. The van der Waals surface area contributed by atoms with Crippen LogP contribution in [-0.2, 0) is 0 Å². The molecule has 0 spiro atoms. The van der Waals surface area contributed by atoms with E-state index < -0.39 is 0 Å². The maximum Gasteiger partial charge on any atom is 0.0693 e. The summed E-state index contributed by atoms with van der Waals surface area (Å²) in [4.78, 5) is 0. The van der Waals surface area contributed by atoms with Gasteiger partial charge in [0, 0.05) is 12.1 Å². The monoisotopic (exact) mass is 247 g/mol. The van der Waals surface area contributed by atoms with Crippen LogP contribution in [0.4, 0.5) is 0 Å². The van der Waals surface area contributed by atoms with Gasteiger partial charge in [0.25, 0.3) is 0 Å². The van der Waals surface area contributed by atoms with Gasteiger partial charge in [0.05, 0.1) is 6.10 Å². The van der Waals surface area contributed by atoms with Crippen molar-refractivity contribution in [1.82, 2.24) is 5.32 Å². The van der Waals surface area contributed by atoms with E-state index in [1.54, 1.807) is 0 Å². The van der Waals surface area contributed by atoms with Crippen LogP contribution in [0.5, 0.6) is 0 Å². The molecule has 1 saturated carbocycles. The van der Waals surface area contributed by atoms with E-state index in [-0.39, 0.29) is 12.1 Å². The Hall–Kier alpha value is -0.860. The van der Waals surface area contributed by atoms with Gasteiger partial charge in [-0.25, -0.2) is 0 Å². The molecular formula is C16H25NO. The fourth-order valence-corrected chi connectivity index (χ4v) is 2.83. The third-order valence-corrected chi connectivity index (χ3v) is 4.28. The van der Waals surface area contributed by atoms with Gasteiger partial charge in [-0.05, 0) is 31.2 Å². The lowest BCUT2D eigenvalue weighted by molar-refractivity contribution is 0.0844. The van der Waals surface area contributed by atoms with E-state index in [9.17, 15) is 5.11 Å². The summed E-state index contributed by atoms with van der Waals surface area (Å²) in [6.45, 7) is 4.47. The lowest BCUT2D eigenvalue weighted by Gasteiger charge is -2.33. The van der Waals surface area contributed by atoms with Gasteiger partial charge < -0.3 is 10.4 Å². The van der Waals surface area contributed by atoms with Crippen molar-refractivity contribution in [2.24, 2.45) is 0 Å². The van der Waals surface area contributed by atoms with Crippen LogP contribution in [0.2, 0.25) is 0 Å². The molecule has 18 heavy (non-hydrogen) atoms. The van der Waals surface area contributed by atoms with E-state index in [1.165, 1.54) is 18.4 Å². The second kappa shape index (κ2) is 6.35. The van der Waals surface area contributed by atoms with Gasteiger partial charge in [-0.3, -0.25) is 0 Å². The number of aliphatic hydroxyl groups excluding tert-OH is 1. The molecule has 1 aliphatic carbocycles. The van der Waals surface area contributed by atoms with Crippen molar-refractivity contribution < 1.29 is 5.11 Å². The van der Waals surface area contributed by atoms with Crippen LogP contribution in [0.25, 0.3) is 0 Å². The number of aliphatic hydroxyl groups is 1. The number of hydrogen-bond donors (Lipinski definition) is 2. The van der Waals surface area contributed by atoms with Crippen molar-refractivity contribution in [2.75, 3.05) is 0 Å². The van der Waals surface area contributed by atoms with Crippen LogP contribution in [0.15, 0.2) is 30.3 Å². The third-order valence-electron chi connectivity index (χ3n) is 4.28. The Morgan fingerprint density at radius 3 is 2.44 bits per heavy atom. The Balaban J connectivity index is 1.93. The summed E-state index contributed by atoms with van der Waals surface area (Å²) in [5, 5.41) is 13.6. The minimum atomic E-state index is -0.163. The molecule has 0 aromatic heterocycles. The molecule has 1 aromatic rings. The third kappa shape index (κ3) is 3.33. The van der Waals surface area contributed by atoms with Gasteiger partial charge in [0.2, 0.25) is 0 Å². The molecule has 0 heterocycles. The van der Waals surface area contributed by atoms with Crippen LogP contribution < -0.4 is 5.32 Å². The summed E-state index contributed by atoms with van der Waals surface area (Å²) < 4.78 is 0. The lowest BCUT2D eigenvalue weighted by Crippen LogP contribution is -2.47. The maximum atomic E-state index is 10.0. The first-order valence-electron chi connectivity index (χ1n) is 7.17. The normalized spacial score (nSPS) is 27.7. The molecule has 1 fully saturated rings. The Morgan fingerprint density at radius 2 is 1.78 bits per heavy atom. The minimum absolute atomic E-state index is 0.163. The fraction of sp³-hybridized carbons (Fsp3) is 0.625. The Kier molecular flexibility index (Phi) is 4.79. The number of rotatable bonds is 4. The van der Waals surface area contributed by atoms with Gasteiger partial charge in [-0.1, -0.05) is 50.1 Å². The topological polar surface area (TPSA) is 32.3 Å². The number of hydrogen-bond acceptors (Lipinski definition) is 2. The Morgan fingerprint density at radius 1 is 1.11 bits per heavy atom. The van der Waals surface area contributed by atoms with Crippen LogP contribution in [-0.4, -0.2) is 23.3 Å². The van der Waals surface area contributed by atoms with Gasteiger partial charge in [-0.2, -0.15) is 0 Å². The van der Waals surface area contributed by atoms with E-state index in [4.69, 9.17) is 0 Å². The minimum Gasteiger partial charge on any atom is -0.392 e. The van der Waals surface area contributed by atoms with Crippen LogP contribution in [0.1, 0.15) is 51.0 Å². The highest BCUT2D eigenvalue weighted by Gasteiger charge is 2.25. The highest BCUT2D eigenvalue weighted by atomic mass is 16.3. The zero-order valence-electron chi connectivity index (χ0n) is 11.5.